The van der Waals surface area contributed by atoms with Crippen LogP contribution in [0, 0.1) is 11.8 Å². The standard InChI is InChI=1S/C20H38N2/c1-2-3-8-18-13-19(16-22(15-18)20-11-7-12-20)21-14-17-9-5-4-6-10-17/h17-21H,2-16H2,1H3. The maximum atomic E-state index is 3.99. The van der Waals surface area contributed by atoms with Crippen LogP contribution in [0.2, 0.25) is 0 Å². The third-order valence-electron chi connectivity index (χ3n) is 6.54. The molecule has 3 rings (SSSR count). The zero-order chi connectivity index (χ0) is 15.2. The molecule has 1 aliphatic heterocycles. The molecule has 1 N–H and O–H groups in total. The van der Waals surface area contributed by atoms with Crippen LogP contribution in [-0.2, 0) is 0 Å². The molecule has 128 valence electrons. The first kappa shape index (κ1) is 16.8. The lowest BCUT2D eigenvalue weighted by Gasteiger charge is -2.46. The molecule has 1 saturated heterocycles. The molecule has 0 spiro atoms. The Morgan fingerprint density at radius 3 is 2.41 bits per heavy atom. The van der Waals surface area contributed by atoms with Crippen molar-refractivity contribution in [3.63, 3.8) is 0 Å². The Labute approximate surface area is 138 Å². The van der Waals surface area contributed by atoms with E-state index in [1.54, 1.807) is 0 Å². The molecule has 0 aromatic carbocycles. The largest absolute Gasteiger partial charge is 0.312 e. The monoisotopic (exact) mass is 306 g/mol. The molecule has 0 bridgehead atoms. The van der Waals surface area contributed by atoms with Crippen molar-refractivity contribution in [2.45, 2.75) is 96.1 Å². The van der Waals surface area contributed by atoms with Crippen LogP contribution in [0.1, 0.15) is 84.0 Å². The Bertz CT molecular complexity index is 307. The van der Waals surface area contributed by atoms with Gasteiger partial charge < -0.3 is 5.32 Å². The van der Waals surface area contributed by atoms with E-state index < -0.39 is 0 Å². The molecule has 22 heavy (non-hydrogen) atoms. The average molecular weight is 307 g/mol. The summed E-state index contributed by atoms with van der Waals surface area (Å²) in [7, 11) is 0. The highest BCUT2D eigenvalue weighted by atomic mass is 15.2. The van der Waals surface area contributed by atoms with Gasteiger partial charge in [0.2, 0.25) is 0 Å². The molecule has 2 saturated carbocycles. The smallest absolute Gasteiger partial charge is 0.0198 e. The fraction of sp³-hybridized carbons (Fsp3) is 1.00. The van der Waals surface area contributed by atoms with Crippen molar-refractivity contribution in [2.24, 2.45) is 11.8 Å². The van der Waals surface area contributed by atoms with E-state index in [9.17, 15) is 0 Å². The lowest BCUT2D eigenvalue weighted by molar-refractivity contribution is 0.0542. The first-order valence-corrected chi connectivity index (χ1v) is 10.3. The Kier molecular flexibility index (Phi) is 6.62. The number of hydrogen-bond donors (Lipinski definition) is 1. The van der Waals surface area contributed by atoms with Crippen molar-refractivity contribution >= 4 is 0 Å². The topological polar surface area (TPSA) is 15.3 Å². The minimum atomic E-state index is 0.776. The lowest BCUT2D eigenvalue weighted by Crippen LogP contribution is -2.54. The Morgan fingerprint density at radius 1 is 0.909 bits per heavy atom. The first-order chi connectivity index (χ1) is 10.8. The van der Waals surface area contributed by atoms with E-state index in [0.29, 0.717) is 0 Å². The van der Waals surface area contributed by atoms with Gasteiger partial charge in [-0.25, -0.2) is 0 Å². The van der Waals surface area contributed by atoms with Crippen LogP contribution >= 0.6 is 0 Å². The fourth-order valence-corrected chi connectivity index (χ4v) is 4.87. The molecule has 0 amide bonds. The average Bonchev–Trinajstić information content (AvgIpc) is 2.50. The van der Waals surface area contributed by atoms with Crippen LogP contribution in [-0.4, -0.2) is 36.6 Å². The number of likely N-dealkylation sites (tertiary alicyclic amines) is 1. The third kappa shape index (κ3) is 4.71. The van der Waals surface area contributed by atoms with E-state index in [0.717, 1.165) is 23.9 Å². The zero-order valence-electron chi connectivity index (χ0n) is 14.9. The molecule has 1 heterocycles. The molecule has 3 aliphatic rings. The Morgan fingerprint density at radius 2 is 1.73 bits per heavy atom. The van der Waals surface area contributed by atoms with Gasteiger partial charge in [0, 0.05) is 25.2 Å². The molecule has 2 aliphatic carbocycles. The molecule has 2 unspecified atom stereocenters. The summed E-state index contributed by atoms with van der Waals surface area (Å²) >= 11 is 0. The Hall–Kier alpha value is -0.0800. The predicted molar refractivity (Wildman–Crippen MR) is 95.2 cm³/mol. The van der Waals surface area contributed by atoms with Gasteiger partial charge in [-0.05, 0) is 56.9 Å². The summed E-state index contributed by atoms with van der Waals surface area (Å²) < 4.78 is 0. The summed E-state index contributed by atoms with van der Waals surface area (Å²) in [5, 5.41) is 3.99. The molecule has 2 atom stereocenters. The van der Waals surface area contributed by atoms with Crippen LogP contribution in [0.25, 0.3) is 0 Å². The second-order valence-corrected chi connectivity index (χ2v) is 8.39. The van der Waals surface area contributed by atoms with Gasteiger partial charge in [0.25, 0.3) is 0 Å². The molecule has 0 aromatic rings. The SMILES string of the molecule is CCCCC1CC(NCC2CCCCC2)CN(C2CCC2)C1. The lowest BCUT2D eigenvalue weighted by atomic mass is 9.84. The molecular formula is C20H38N2. The van der Waals surface area contributed by atoms with Crippen molar-refractivity contribution < 1.29 is 0 Å². The van der Waals surface area contributed by atoms with Gasteiger partial charge in [-0.3, -0.25) is 4.90 Å². The van der Waals surface area contributed by atoms with Crippen molar-refractivity contribution in [3.05, 3.63) is 0 Å². The quantitative estimate of drug-likeness (QED) is 0.740. The van der Waals surface area contributed by atoms with E-state index in [1.807, 2.05) is 0 Å². The van der Waals surface area contributed by atoms with Gasteiger partial charge in [-0.1, -0.05) is 45.4 Å². The molecule has 0 radical (unpaired) electrons. The van der Waals surface area contributed by atoms with Crippen LogP contribution < -0.4 is 5.32 Å². The number of rotatable bonds is 7. The number of piperidine rings is 1. The summed E-state index contributed by atoms with van der Waals surface area (Å²) in [6.07, 6.45) is 17.5. The maximum absolute atomic E-state index is 3.99. The fourth-order valence-electron chi connectivity index (χ4n) is 4.87. The predicted octanol–water partition coefficient (Wildman–Crippen LogP) is 4.59. The molecule has 2 heteroatoms. The van der Waals surface area contributed by atoms with E-state index in [4.69, 9.17) is 0 Å². The highest BCUT2D eigenvalue weighted by Crippen LogP contribution is 2.31. The highest BCUT2D eigenvalue weighted by Gasteiger charge is 2.33. The van der Waals surface area contributed by atoms with E-state index in [1.165, 1.54) is 96.7 Å². The highest BCUT2D eigenvalue weighted by molar-refractivity contribution is 4.90. The van der Waals surface area contributed by atoms with Gasteiger partial charge >= 0.3 is 0 Å². The van der Waals surface area contributed by atoms with Crippen LogP contribution in [0.5, 0.6) is 0 Å². The van der Waals surface area contributed by atoms with E-state index in [2.05, 4.69) is 17.1 Å². The van der Waals surface area contributed by atoms with Gasteiger partial charge in [-0.2, -0.15) is 0 Å². The van der Waals surface area contributed by atoms with Gasteiger partial charge in [0.1, 0.15) is 0 Å². The summed E-state index contributed by atoms with van der Waals surface area (Å²) in [4.78, 5) is 2.85. The van der Waals surface area contributed by atoms with Gasteiger partial charge in [0.05, 0.1) is 0 Å². The third-order valence-corrected chi connectivity index (χ3v) is 6.54. The van der Waals surface area contributed by atoms with Crippen molar-refractivity contribution in [3.8, 4) is 0 Å². The summed E-state index contributed by atoms with van der Waals surface area (Å²) in [6.45, 7) is 6.36. The molecular weight excluding hydrogens is 268 g/mol. The van der Waals surface area contributed by atoms with Crippen LogP contribution in [0.3, 0.4) is 0 Å². The van der Waals surface area contributed by atoms with Crippen molar-refractivity contribution in [1.29, 1.82) is 0 Å². The van der Waals surface area contributed by atoms with Crippen molar-refractivity contribution in [1.82, 2.24) is 10.2 Å². The molecule has 3 fully saturated rings. The van der Waals surface area contributed by atoms with Crippen LogP contribution in [0.15, 0.2) is 0 Å². The minimum absolute atomic E-state index is 0.776. The van der Waals surface area contributed by atoms with E-state index in [-0.39, 0.29) is 0 Å². The summed E-state index contributed by atoms with van der Waals surface area (Å²) in [5.74, 6) is 1.93. The molecule has 2 nitrogen and oxygen atoms in total. The van der Waals surface area contributed by atoms with Crippen molar-refractivity contribution in [2.75, 3.05) is 19.6 Å². The number of hydrogen-bond acceptors (Lipinski definition) is 2. The van der Waals surface area contributed by atoms with Gasteiger partial charge in [-0.15, -0.1) is 0 Å². The van der Waals surface area contributed by atoms with Gasteiger partial charge in [0.15, 0.2) is 0 Å². The second kappa shape index (κ2) is 8.68. The molecule has 0 aromatic heterocycles. The first-order valence-electron chi connectivity index (χ1n) is 10.3. The number of nitrogens with one attached hydrogen (secondary N) is 1. The zero-order valence-corrected chi connectivity index (χ0v) is 14.9. The normalized spacial score (nSPS) is 32.0. The summed E-state index contributed by atoms with van der Waals surface area (Å²) in [6, 6.07) is 1.71. The number of nitrogens with zero attached hydrogens (tertiary/aromatic N) is 1. The van der Waals surface area contributed by atoms with Crippen LogP contribution in [0.4, 0.5) is 0 Å². The maximum Gasteiger partial charge on any atom is 0.0198 e. The number of unbranched alkanes of at least 4 members (excludes halogenated alkanes) is 1. The minimum Gasteiger partial charge on any atom is -0.312 e. The summed E-state index contributed by atoms with van der Waals surface area (Å²) in [5.41, 5.74) is 0. The van der Waals surface area contributed by atoms with E-state index >= 15 is 0 Å². The second-order valence-electron chi connectivity index (χ2n) is 8.39. The Balaban J connectivity index is 1.47.